The molecule has 0 fully saturated rings. The molecule has 0 atom stereocenters. The summed E-state index contributed by atoms with van der Waals surface area (Å²) in [5.41, 5.74) is 0. The number of hydrogen-bond donors (Lipinski definition) is 0. The van der Waals surface area contributed by atoms with E-state index in [-0.39, 0.29) is 0 Å². The van der Waals surface area contributed by atoms with E-state index in [1.165, 1.54) is 0 Å². The third kappa shape index (κ3) is 3.24. The van der Waals surface area contributed by atoms with E-state index in [4.69, 9.17) is 17.9 Å². The van der Waals surface area contributed by atoms with Crippen molar-refractivity contribution in [1.29, 1.82) is 0 Å². The van der Waals surface area contributed by atoms with Gasteiger partial charge in [-0.05, 0) is 0 Å². The Morgan fingerprint density at radius 1 is 0.692 bits per heavy atom. The Labute approximate surface area is 80.1 Å². The van der Waals surface area contributed by atoms with Gasteiger partial charge in [0, 0.05) is 0 Å². The second-order valence-electron chi connectivity index (χ2n) is 1.54. The van der Waals surface area contributed by atoms with Crippen LogP contribution in [0.5, 0.6) is 0 Å². The molecule has 9 heteroatoms. The number of halogens is 8. The first kappa shape index (κ1) is 13.4. The summed E-state index contributed by atoms with van der Waals surface area (Å²) >= 11 is -5.72. The molecule has 0 rings (SSSR count). The molecule has 0 aromatic heterocycles. The molecular weight excluding hydrogens is 361 g/mol. The Morgan fingerprint density at radius 2 is 0.923 bits per heavy atom. The minimum atomic E-state index is -5.72. The van der Waals surface area contributed by atoms with Crippen molar-refractivity contribution >= 4 is 33.9 Å². The SMILES string of the molecule is FC(F)=C(F)[Te](Cl)(Cl)C(F)=C(F)F. The quantitative estimate of drug-likeness (QED) is 0.513. The fourth-order valence-corrected chi connectivity index (χ4v) is 3.39. The zero-order chi connectivity index (χ0) is 10.8. The van der Waals surface area contributed by atoms with E-state index in [0.29, 0.717) is 0 Å². The van der Waals surface area contributed by atoms with Crippen LogP contribution in [-0.4, -0.2) is 15.9 Å². The molecule has 0 aromatic rings. The summed E-state index contributed by atoms with van der Waals surface area (Å²) in [4.78, 5) is 0. The molecule has 0 heterocycles. The van der Waals surface area contributed by atoms with E-state index in [9.17, 15) is 26.3 Å². The second-order valence-corrected chi connectivity index (χ2v) is 13.5. The van der Waals surface area contributed by atoms with Crippen molar-refractivity contribution < 1.29 is 26.3 Å². The molecule has 78 valence electrons. The van der Waals surface area contributed by atoms with Crippen molar-refractivity contribution in [3.8, 4) is 0 Å². The third-order valence-electron chi connectivity index (χ3n) is 0.747. The van der Waals surface area contributed by atoms with Crippen molar-refractivity contribution in [2.45, 2.75) is 0 Å². The average molecular weight is 361 g/mol. The first-order valence-corrected chi connectivity index (χ1v) is 10.6. The van der Waals surface area contributed by atoms with Crippen molar-refractivity contribution in [2.24, 2.45) is 0 Å². The maximum atomic E-state index is 12.3. The van der Waals surface area contributed by atoms with Gasteiger partial charge in [0.25, 0.3) is 0 Å². The predicted octanol–water partition coefficient (Wildman–Crippen LogP) is 4.14. The zero-order valence-corrected chi connectivity index (χ0v) is 9.27. The van der Waals surface area contributed by atoms with Crippen LogP contribution in [0.4, 0.5) is 26.3 Å². The Bertz CT molecular complexity index is 238. The van der Waals surface area contributed by atoms with E-state index in [1.54, 1.807) is 0 Å². The van der Waals surface area contributed by atoms with Gasteiger partial charge < -0.3 is 0 Å². The van der Waals surface area contributed by atoms with Gasteiger partial charge in [-0.2, -0.15) is 0 Å². The van der Waals surface area contributed by atoms with E-state index in [1.807, 2.05) is 0 Å². The molecule has 0 N–H and O–H groups in total. The van der Waals surface area contributed by atoms with Crippen LogP contribution in [0.15, 0.2) is 19.9 Å². The molecule has 0 nitrogen and oxygen atoms in total. The van der Waals surface area contributed by atoms with E-state index in [0.717, 1.165) is 0 Å². The van der Waals surface area contributed by atoms with Gasteiger partial charge in [-0.15, -0.1) is 0 Å². The summed E-state index contributed by atoms with van der Waals surface area (Å²) in [5.74, 6) is 0. The van der Waals surface area contributed by atoms with Crippen molar-refractivity contribution in [1.82, 2.24) is 0 Å². The number of rotatable bonds is 2. The van der Waals surface area contributed by atoms with Crippen LogP contribution < -0.4 is 0 Å². The molecule has 0 bridgehead atoms. The Hall–Kier alpha value is 0.430. The molecule has 0 aliphatic heterocycles. The first-order valence-electron chi connectivity index (χ1n) is 2.35. The van der Waals surface area contributed by atoms with Gasteiger partial charge in [-0.25, -0.2) is 0 Å². The van der Waals surface area contributed by atoms with Crippen LogP contribution in [0.3, 0.4) is 0 Å². The van der Waals surface area contributed by atoms with Crippen molar-refractivity contribution in [2.75, 3.05) is 0 Å². The van der Waals surface area contributed by atoms with Crippen LogP contribution >= 0.6 is 17.9 Å². The fraction of sp³-hybridized carbons (Fsp3) is 0. The normalized spacial score (nSPS) is 12.3. The first-order chi connectivity index (χ1) is 5.71. The molecule has 0 amide bonds. The topological polar surface area (TPSA) is 0 Å². The van der Waals surface area contributed by atoms with Gasteiger partial charge in [0.1, 0.15) is 0 Å². The van der Waals surface area contributed by atoms with Gasteiger partial charge in [0.2, 0.25) is 0 Å². The molecule has 13 heavy (non-hydrogen) atoms. The molecule has 0 unspecified atom stereocenters. The molecule has 0 radical (unpaired) electrons. The van der Waals surface area contributed by atoms with Crippen LogP contribution in [-0.2, 0) is 0 Å². The van der Waals surface area contributed by atoms with Crippen molar-refractivity contribution in [3.63, 3.8) is 0 Å². The fourth-order valence-electron chi connectivity index (χ4n) is 0.272. The van der Waals surface area contributed by atoms with E-state index in [2.05, 4.69) is 0 Å². The van der Waals surface area contributed by atoms with Crippen LogP contribution in [0.1, 0.15) is 0 Å². The summed E-state index contributed by atoms with van der Waals surface area (Å²) in [6.45, 7) is 0. The molecule has 0 saturated carbocycles. The summed E-state index contributed by atoms with van der Waals surface area (Å²) in [7, 11) is 9.51. The van der Waals surface area contributed by atoms with Crippen LogP contribution in [0, 0.1) is 0 Å². The molecular formula is C4Cl2F6Te. The predicted molar refractivity (Wildman–Crippen MR) is 38.2 cm³/mol. The standard InChI is InChI=1S/C4Cl2F6Te/c5-13(6,3(11)1(7)8)4(12)2(9)10. The van der Waals surface area contributed by atoms with Gasteiger partial charge >= 0.3 is 80.1 Å². The number of hydrogen-bond acceptors (Lipinski definition) is 0. The summed E-state index contributed by atoms with van der Waals surface area (Å²) in [5, 5.41) is 0. The van der Waals surface area contributed by atoms with E-state index >= 15 is 0 Å². The summed E-state index contributed by atoms with van der Waals surface area (Å²) in [6, 6.07) is 0. The van der Waals surface area contributed by atoms with Crippen LogP contribution in [0.2, 0.25) is 0 Å². The summed E-state index contributed by atoms with van der Waals surface area (Å²) in [6.07, 6.45) is -5.97. The Kier molecular flexibility index (Phi) is 4.94. The monoisotopic (exact) mass is 362 g/mol. The Morgan fingerprint density at radius 3 is 1.08 bits per heavy atom. The zero-order valence-electron chi connectivity index (χ0n) is 5.43. The average Bonchev–Trinajstić information content (AvgIpc) is 2.01. The third-order valence-corrected chi connectivity index (χ3v) is 7.83. The van der Waals surface area contributed by atoms with Gasteiger partial charge in [0.15, 0.2) is 0 Å². The van der Waals surface area contributed by atoms with Gasteiger partial charge in [-0.1, -0.05) is 0 Å². The van der Waals surface area contributed by atoms with Gasteiger partial charge in [-0.3, -0.25) is 0 Å². The van der Waals surface area contributed by atoms with Crippen LogP contribution in [0.25, 0.3) is 0 Å². The Balaban J connectivity index is 5.23. The molecule has 0 aliphatic carbocycles. The summed E-state index contributed by atoms with van der Waals surface area (Å²) < 4.78 is 65.5. The molecule has 0 spiro atoms. The van der Waals surface area contributed by atoms with Gasteiger partial charge in [0.05, 0.1) is 0 Å². The molecule has 0 saturated heterocycles. The van der Waals surface area contributed by atoms with E-state index < -0.39 is 35.9 Å². The minimum absolute atomic E-state index is 2.48. The second kappa shape index (κ2) is 4.78. The molecule has 0 aliphatic rings. The maximum absolute atomic E-state index is 12.3. The molecule has 0 aromatic carbocycles. The van der Waals surface area contributed by atoms with Crippen molar-refractivity contribution in [3.05, 3.63) is 19.9 Å².